The van der Waals surface area contributed by atoms with E-state index in [-0.39, 0.29) is 12.4 Å². The molecule has 0 atom stereocenters. The first-order valence-electron chi connectivity index (χ1n) is 5.12. The molecule has 0 radical (unpaired) electrons. The van der Waals surface area contributed by atoms with Crippen molar-refractivity contribution in [3.8, 4) is 11.5 Å². The summed E-state index contributed by atoms with van der Waals surface area (Å²) in [7, 11) is 3.31. The molecule has 0 amide bonds. The largest absolute Gasteiger partial charge is 0.493 e. The topological polar surface area (TPSA) is 30.5 Å². The van der Waals surface area contributed by atoms with Crippen LogP contribution in [0.5, 0.6) is 11.5 Å². The summed E-state index contributed by atoms with van der Waals surface area (Å²) < 4.78 is 10.6. The van der Waals surface area contributed by atoms with E-state index in [1.807, 2.05) is 18.2 Å². The number of hydrogen-bond donors (Lipinski definition) is 1. The lowest BCUT2D eigenvalue weighted by Gasteiger charge is -2.14. The number of methoxy groups -OCH3 is 2. The van der Waals surface area contributed by atoms with E-state index in [4.69, 9.17) is 9.47 Å². The van der Waals surface area contributed by atoms with Crippen LogP contribution >= 0.6 is 12.4 Å². The Bertz CT molecular complexity index is 316. The Balaban J connectivity index is 0.00000225. The Morgan fingerprint density at radius 3 is 2.38 bits per heavy atom. The number of rotatable bonds is 5. The molecule has 1 aromatic rings. The standard InChI is InChI=1S/C12H19NO2.ClH/c1-9(2)13-8-10-6-5-7-11(14-3)12(10)15-4;/h5-7,9,13H,8H2,1-4H3;1H. The number of para-hydroxylation sites is 1. The minimum atomic E-state index is 0. The van der Waals surface area contributed by atoms with Crippen molar-refractivity contribution in [1.82, 2.24) is 5.32 Å². The van der Waals surface area contributed by atoms with Gasteiger partial charge in [0, 0.05) is 18.2 Å². The van der Waals surface area contributed by atoms with E-state index in [1.54, 1.807) is 14.2 Å². The highest BCUT2D eigenvalue weighted by Crippen LogP contribution is 2.30. The van der Waals surface area contributed by atoms with E-state index in [1.165, 1.54) is 0 Å². The Kier molecular flexibility index (Phi) is 6.93. The van der Waals surface area contributed by atoms with Gasteiger partial charge in [-0.15, -0.1) is 12.4 Å². The fourth-order valence-corrected chi connectivity index (χ4v) is 1.41. The molecule has 16 heavy (non-hydrogen) atoms. The first-order valence-corrected chi connectivity index (χ1v) is 5.12. The lowest BCUT2D eigenvalue weighted by Crippen LogP contribution is -2.22. The van der Waals surface area contributed by atoms with Gasteiger partial charge in [0.2, 0.25) is 0 Å². The van der Waals surface area contributed by atoms with E-state index >= 15 is 0 Å². The quantitative estimate of drug-likeness (QED) is 0.865. The fourth-order valence-electron chi connectivity index (χ4n) is 1.41. The van der Waals surface area contributed by atoms with Crippen LogP contribution in [0, 0.1) is 0 Å². The number of halogens is 1. The van der Waals surface area contributed by atoms with Crippen LogP contribution in [0.3, 0.4) is 0 Å². The molecule has 1 rings (SSSR count). The van der Waals surface area contributed by atoms with Crippen LogP contribution in [0.2, 0.25) is 0 Å². The first-order chi connectivity index (χ1) is 7.19. The summed E-state index contributed by atoms with van der Waals surface area (Å²) in [6.45, 7) is 5.03. The van der Waals surface area contributed by atoms with Crippen molar-refractivity contribution in [3.63, 3.8) is 0 Å². The molecular weight excluding hydrogens is 226 g/mol. The number of benzene rings is 1. The summed E-state index contributed by atoms with van der Waals surface area (Å²) in [5, 5.41) is 3.35. The van der Waals surface area contributed by atoms with E-state index in [9.17, 15) is 0 Å². The van der Waals surface area contributed by atoms with Gasteiger partial charge in [-0.25, -0.2) is 0 Å². The Hall–Kier alpha value is -0.930. The van der Waals surface area contributed by atoms with Crippen molar-refractivity contribution < 1.29 is 9.47 Å². The molecule has 0 aliphatic carbocycles. The first kappa shape index (κ1) is 15.1. The average molecular weight is 246 g/mol. The molecule has 0 saturated heterocycles. The van der Waals surface area contributed by atoms with Crippen molar-refractivity contribution in [2.45, 2.75) is 26.4 Å². The van der Waals surface area contributed by atoms with Gasteiger partial charge in [-0.1, -0.05) is 26.0 Å². The highest BCUT2D eigenvalue weighted by Gasteiger charge is 2.08. The summed E-state index contributed by atoms with van der Waals surface area (Å²) in [5.41, 5.74) is 1.12. The van der Waals surface area contributed by atoms with E-state index < -0.39 is 0 Å². The van der Waals surface area contributed by atoms with Gasteiger partial charge in [0.25, 0.3) is 0 Å². The molecule has 0 bridgehead atoms. The zero-order chi connectivity index (χ0) is 11.3. The fraction of sp³-hybridized carbons (Fsp3) is 0.500. The molecule has 1 N–H and O–H groups in total. The van der Waals surface area contributed by atoms with E-state index in [0.717, 1.165) is 23.6 Å². The zero-order valence-electron chi connectivity index (χ0n) is 10.2. The molecule has 4 heteroatoms. The van der Waals surface area contributed by atoms with Crippen LogP contribution in [0.15, 0.2) is 18.2 Å². The van der Waals surface area contributed by atoms with Crippen LogP contribution in [0.1, 0.15) is 19.4 Å². The van der Waals surface area contributed by atoms with Crippen molar-refractivity contribution in [1.29, 1.82) is 0 Å². The Morgan fingerprint density at radius 1 is 1.19 bits per heavy atom. The maximum Gasteiger partial charge on any atom is 0.165 e. The van der Waals surface area contributed by atoms with Gasteiger partial charge in [-0.2, -0.15) is 0 Å². The van der Waals surface area contributed by atoms with Crippen LogP contribution in [-0.4, -0.2) is 20.3 Å². The number of hydrogen-bond acceptors (Lipinski definition) is 3. The third-order valence-electron chi connectivity index (χ3n) is 2.19. The lowest BCUT2D eigenvalue weighted by molar-refractivity contribution is 0.350. The van der Waals surface area contributed by atoms with Crippen LogP contribution < -0.4 is 14.8 Å². The minimum absolute atomic E-state index is 0. The molecule has 0 spiro atoms. The van der Waals surface area contributed by atoms with Gasteiger partial charge in [0.1, 0.15) is 0 Å². The highest BCUT2D eigenvalue weighted by atomic mass is 35.5. The number of nitrogens with one attached hydrogen (secondary N) is 1. The van der Waals surface area contributed by atoms with Crippen molar-refractivity contribution in [2.75, 3.05) is 14.2 Å². The van der Waals surface area contributed by atoms with Crippen molar-refractivity contribution in [2.24, 2.45) is 0 Å². The average Bonchev–Trinajstić information content (AvgIpc) is 2.25. The van der Waals surface area contributed by atoms with Gasteiger partial charge in [0.05, 0.1) is 14.2 Å². The van der Waals surface area contributed by atoms with Crippen LogP contribution in [-0.2, 0) is 6.54 Å². The maximum absolute atomic E-state index is 5.33. The normalized spacial score (nSPS) is 9.81. The molecule has 0 aliphatic rings. The molecule has 0 saturated carbocycles. The van der Waals surface area contributed by atoms with E-state index in [2.05, 4.69) is 19.2 Å². The summed E-state index contributed by atoms with van der Waals surface area (Å²) in [6.07, 6.45) is 0. The molecule has 1 aromatic carbocycles. The van der Waals surface area contributed by atoms with Gasteiger partial charge in [-0.3, -0.25) is 0 Å². The second-order valence-corrected chi connectivity index (χ2v) is 3.69. The van der Waals surface area contributed by atoms with Crippen molar-refractivity contribution >= 4 is 12.4 Å². The van der Waals surface area contributed by atoms with Gasteiger partial charge in [-0.05, 0) is 6.07 Å². The monoisotopic (exact) mass is 245 g/mol. The maximum atomic E-state index is 5.33. The lowest BCUT2D eigenvalue weighted by atomic mass is 10.1. The van der Waals surface area contributed by atoms with E-state index in [0.29, 0.717) is 6.04 Å². The number of ether oxygens (including phenoxy) is 2. The summed E-state index contributed by atoms with van der Waals surface area (Å²) >= 11 is 0. The minimum Gasteiger partial charge on any atom is -0.493 e. The summed E-state index contributed by atoms with van der Waals surface area (Å²) in [6, 6.07) is 6.37. The Labute approximate surface area is 104 Å². The molecule has 92 valence electrons. The smallest absolute Gasteiger partial charge is 0.165 e. The van der Waals surface area contributed by atoms with Crippen LogP contribution in [0.4, 0.5) is 0 Å². The second kappa shape index (κ2) is 7.36. The molecule has 0 fully saturated rings. The predicted molar refractivity (Wildman–Crippen MR) is 68.8 cm³/mol. The molecule has 3 nitrogen and oxygen atoms in total. The van der Waals surface area contributed by atoms with Gasteiger partial charge >= 0.3 is 0 Å². The van der Waals surface area contributed by atoms with Gasteiger partial charge < -0.3 is 14.8 Å². The SMILES string of the molecule is COc1cccc(CNC(C)C)c1OC.Cl. The summed E-state index contributed by atoms with van der Waals surface area (Å²) in [5.74, 6) is 1.59. The molecule has 0 aromatic heterocycles. The molecule has 0 heterocycles. The summed E-state index contributed by atoms with van der Waals surface area (Å²) in [4.78, 5) is 0. The molecule has 0 unspecified atom stereocenters. The van der Waals surface area contributed by atoms with Crippen LogP contribution in [0.25, 0.3) is 0 Å². The third kappa shape index (κ3) is 3.91. The second-order valence-electron chi connectivity index (χ2n) is 3.69. The zero-order valence-corrected chi connectivity index (χ0v) is 11.1. The molecular formula is C12H20ClNO2. The predicted octanol–water partition coefficient (Wildman–Crippen LogP) is 2.62. The van der Waals surface area contributed by atoms with Crippen molar-refractivity contribution in [3.05, 3.63) is 23.8 Å². The highest BCUT2D eigenvalue weighted by molar-refractivity contribution is 5.85. The van der Waals surface area contributed by atoms with Gasteiger partial charge in [0.15, 0.2) is 11.5 Å². The molecule has 0 aliphatic heterocycles. The Morgan fingerprint density at radius 2 is 1.88 bits per heavy atom. The third-order valence-corrected chi connectivity index (χ3v) is 2.19.